The Morgan fingerprint density at radius 1 is 0.900 bits per heavy atom. The monoisotopic (exact) mass is 436 g/mol. The molecule has 0 bridgehead atoms. The van der Waals surface area contributed by atoms with Crippen molar-refractivity contribution in [2.45, 2.75) is 52.8 Å². The number of benzene rings is 3. The Kier molecular flexibility index (Phi) is 7.73. The molecule has 3 aromatic carbocycles. The normalized spacial score (nSPS) is 12.3. The Bertz CT molecular complexity index is 988. The third kappa shape index (κ3) is 5.72. The molecule has 30 heavy (non-hydrogen) atoms. The van der Waals surface area contributed by atoms with Crippen LogP contribution in [0, 0.1) is 13.8 Å². The van der Waals surface area contributed by atoms with E-state index in [9.17, 15) is 0 Å². The maximum atomic E-state index is 6.56. The van der Waals surface area contributed by atoms with Crippen LogP contribution in [0.15, 0.2) is 60.7 Å². The molecule has 0 aromatic heterocycles. The van der Waals surface area contributed by atoms with Crippen molar-refractivity contribution < 1.29 is 4.74 Å². The molecule has 0 N–H and O–H groups in total. The number of hydrogen-bond donors (Lipinski definition) is 0. The molecule has 0 aliphatic carbocycles. The molecule has 0 amide bonds. The SMILES string of the molecule is CPCc1cccc(C)c1Pc1cc(C)cc(C(C)(C)C)c1OCc1ccccc1. The van der Waals surface area contributed by atoms with Crippen molar-refractivity contribution in [2.75, 3.05) is 6.66 Å². The molecule has 0 saturated carbocycles. The molecule has 3 heteroatoms. The largest absolute Gasteiger partial charge is 0.488 e. The number of hydrogen-bond acceptors (Lipinski definition) is 1. The van der Waals surface area contributed by atoms with Crippen LogP contribution in [0.25, 0.3) is 0 Å². The van der Waals surface area contributed by atoms with Crippen molar-refractivity contribution in [1.82, 2.24) is 0 Å². The van der Waals surface area contributed by atoms with E-state index in [2.05, 4.69) is 102 Å². The predicted molar refractivity (Wildman–Crippen MR) is 137 cm³/mol. The Balaban J connectivity index is 2.06. The summed E-state index contributed by atoms with van der Waals surface area (Å²) in [5.41, 5.74) is 6.71. The van der Waals surface area contributed by atoms with Gasteiger partial charge in [0.2, 0.25) is 0 Å². The summed E-state index contributed by atoms with van der Waals surface area (Å²) in [4.78, 5) is 0. The molecule has 0 spiro atoms. The molecule has 0 radical (unpaired) electrons. The Morgan fingerprint density at radius 3 is 2.30 bits per heavy atom. The summed E-state index contributed by atoms with van der Waals surface area (Å²) in [6.07, 6.45) is 1.15. The van der Waals surface area contributed by atoms with E-state index in [0.717, 1.165) is 20.5 Å². The van der Waals surface area contributed by atoms with Gasteiger partial charge < -0.3 is 4.74 Å². The van der Waals surface area contributed by atoms with Gasteiger partial charge in [0, 0.05) is 10.9 Å². The topological polar surface area (TPSA) is 9.23 Å². The van der Waals surface area contributed by atoms with Crippen LogP contribution in [0.3, 0.4) is 0 Å². The fourth-order valence-electron chi connectivity index (χ4n) is 3.69. The first kappa shape index (κ1) is 23.0. The average Bonchev–Trinajstić information content (AvgIpc) is 2.69. The van der Waals surface area contributed by atoms with E-state index in [1.54, 1.807) is 0 Å². The van der Waals surface area contributed by atoms with Gasteiger partial charge in [-0.05, 0) is 65.7 Å². The molecule has 3 aromatic rings. The van der Waals surface area contributed by atoms with Crippen LogP contribution in [0.4, 0.5) is 0 Å². The highest BCUT2D eigenvalue weighted by molar-refractivity contribution is 7.56. The first-order valence-electron chi connectivity index (χ1n) is 10.6. The summed E-state index contributed by atoms with van der Waals surface area (Å²) in [6, 6.07) is 21.9. The van der Waals surface area contributed by atoms with Gasteiger partial charge in [0.05, 0.1) is 0 Å². The van der Waals surface area contributed by atoms with E-state index in [1.165, 1.54) is 38.4 Å². The minimum absolute atomic E-state index is 0.0244. The van der Waals surface area contributed by atoms with Crippen molar-refractivity contribution in [3.05, 3.63) is 88.5 Å². The molecule has 0 heterocycles. The fraction of sp³-hybridized carbons (Fsp3) is 0.333. The predicted octanol–water partition coefficient (Wildman–Crippen LogP) is 6.62. The first-order chi connectivity index (χ1) is 14.3. The lowest BCUT2D eigenvalue weighted by atomic mass is 9.85. The third-order valence-corrected chi connectivity index (χ3v) is 7.59. The summed E-state index contributed by atoms with van der Waals surface area (Å²) in [5.74, 6) is 1.07. The van der Waals surface area contributed by atoms with Gasteiger partial charge in [-0.25, -0.2) is 0 Å². The van der Waals surface area contributed by atoms with Crippen molar-refractivity contribution in [3.8, 4) is 5.75 Å². The van der Waals surface area contributed by atoms with Crippen LogP contribution in [-0.4, -0.2) is 6.66 Å². The molecular formula is C27H34OP2. The molecule has 0 fully saturated rings. The zero-order chi connectivity index (χ0) is 21.7. The Morgan fingerprint density at radius 2 is 1.63 bits per heavy atom. The quantitative estimate of drug-likeness (QED) is 0.378. The lowest BCUT2D eigenvalue weighted by Gasteiger charge is -2.26. The highest BCUT2D eigenvalue weighted by atomic mass is 31.1. The minimum atomic E-state index is 0.0244. The van der Waals surface area contributed by atoms with E-state index >= 15 is 0 Å². The zero-order valence-electron chi connectivity index (χ0n) is 19.1. The highest BCUT2D eigenvalue weighted by Gasteiger charge is 2.23. The molecule has 0 saturated heterocycles. The summed E-state index contributed by atoms with van der Waals surface area (Å²) < 4.78 is 6.56. The van der Waals surface area contributed by atoms with Crippen LogP contribution in [0.2, 0.25) is 0 Å². The average molecular weight is 437 g/mol. The molecule has 3 rings (SSSR count). The number of aryl methyl sites for hydroxylation is 2. The maximum Gasteiger partial charge on any atom is 0.131 e. The Hall–Kier alpha value is -1.68. The third-order valence-electron chi connectivity index (χ3n) is 5.25. The lowest BCUT2D eigenvalue weighted by Crippen LogP contribution is -2.20. The summed E-state index contributed by atoms with van der Waals surface area (Å²) >= 11 is 0. The van der Waals surface area contributed by atoms with Gasteiger partial charge in [0.25, 0.3) is 0 Å². The van der Waals surface area contributed by atoms with Gasteiger partial charge in [-0.2, -0.15) is 0 Å². The van der Waals surface area contributed by atoms with E-state index in [1.807, 2.05) is 0 Å². The fourth-order valence-corrected chi connectivity index (χ4v) is 6.04. The van der Waals surface area contributed by atoms with Gasteiger partial charge in [-0.15, -0.1) is 8.58 Å². The summed E-state index contributed by atoms with van der Waals surface area (Å²) in [5, 5.41) is 2.81. The second-order valence-electron chi connectivity index (χ2n) is 8.98. The maximum absolute atomic E-state index is 6.56. The van der Waals surface area contributed by atoms with E-state index in [0.29, 0.717) is 15.2 Å². The second-order valence-corrected chi connectivity index (χ2v) is 11.3. The number of rotatable bonds is 7. The Labute approximate surface area is 186 Å². The smallest absolute Gasteiger partial charge is 0.131 e. The molecule has 0 aliphatic rings. The second kappa shape index (κ2) is 10.1. The molecule has 0 aliphatic heterocycles. The standard InChI is InChI=1S/C27H34OP2/c1-19-15-23(27(3,4)5)25(28-17-21-12-8-7-9-13-21)24(16-19)30-26-20(2)11-10-14-22(26)18-29-6/h7-16,29-30H,17-18H2,1-6H3. The minimum Gasteiger partial charge on any atom is -0.488 e. The van der Waals surface area contributed by atoms with Gasteiger partial charge >= 0.3 is 0 Å². The van der Waals surface area contributed by atoms with Gasteiger partial charge in [0.1, 0.15) is 12.4 Å². The number of ether oxygens (including phenoxy) is 1. The van der Waals surface area contributed by atoms with Gasteiger partial charge in [-0.3, -0.25) is 0 Å². The summed E-state index contributed by atoms with van der Waals surface area (Å²) in [7, 11) is 1.53. The van der Waals surface area contributed by atoms with Crippen LogP contribution >= 0.6 is 17.2 Å². The van der Waals surface area contributed by atoms with E-state index < -0.39 is 0 Å². The molecule has 1 nitrogen and oxygen atoms in total. The van der Waals surface area contributed by atoms with Crippen molar-refractivity contribution in [1.29, 1.82) is 0 Å². The highest BCUT2D eigenvalue weighted by Crippen LogP contribution is 2.35. The van der Waals surface area contributed by atoms with Gasteiger partial charge in [-0.1, -0.05) is 83.9 Å². The molecule has 2 unspecified atom stereocenters. The van der Waals surface area contributed by atoms with Crippen molar-refractivity contribution >= 4 is 27.8 Å². The first-order valence-corrected chi connectivity index (χ1v) is 13.3. The molecular weight excluding hydrogens is 402 g/mol. The van der Waals surface area contributed by atoms with E-state index in [-0.39, 0.29) is 5.41 Å². The van der Waals surface area contributed by atoms with Gasteiger partial charge in [0.15, 0.2) is 0 Å². The summed E-state index contributed by atoms with van der Waals surface area (Å²) in [6.45, 7) is 14.2. The molecule has 2 atom stereocenters. The van der Waals surface area contributed by atoms with Crippen molar-refractivity contribution in [2.24, 2.45) is 0 Å². The zero-order valence-corrected chi connectivity index (χ0v) is 21.1. The van der Waals surface area contributed by atoms with E-state index in [4.69, 9.17) is 4.74 Å². The van der Waals surface area contributed by atoms with Crippen LogP contribution in [0.1, 0.15) is 48.6 Å². The molecule has 158 valence electrons. The van der Waals surface area contributed by atoms with Crippen molar-refractivity contribution in [3.63, 3.8) is 0 Å². The van der Waals surface area contributed by atoms with Crippen LogP contribution in [0.5, 0.6) is 5.75 Å². The van der Waals surface area contributed by atoms with Crippen LogP contribution < -0.4 is 15.3 Å². The lowest BCUT2D eigenvalue weighted by molar-refractivity contribution is 0.300. The van der Waals surface area contributed by atoms with Crippen LogP contribution in [-0.2, 0) is 18.2 Å².